The summed E-state index contributed by atoms with van der Waals surface area (Å²) >= 11 is 0. The summed E-state index contributed by atoms with van der Waals surface area (Å²) in [6.45, 7) is 3.56. The molecule has 134 valence electrons. The molecule has 0 heterocycles. The summed E-state index contributed by atoms with van der Waals surface area (Å²) in [6.07, 6.45) is 1.70. The second-order valence-corrected chi connectivity index (χ2v) is 5.86. The van der Waals surface area contributed by atoms with Crippen molar-refractivity contribution in [3.05, 3.63) is 65.0 Å². The van der Waals surface area contributed by atoms with Crippen LogP contribution in [0.5, 0.6) is 5.75 Å². The first-order valence-corrected chi connectivity index (χ1v) is 8.45. The Balaban J connectivity index is 1.74. The zero-order valence-corrected chi connectivity index (χ0v) is 15.1. The lowest BCUT2D eigenvalue weighted by Gasteiger charge is -2.12. The van der Waals surface area contributed by atoms with Gasteiger partial charge in [-0.2, -0.15) is 0 Å². The van der Waals surface area contributed by atoms with Gasteiger partial charge in [-0.1, -0.05) is 24.3 Å². The molecule has 25 heavy (non-hydrogen) atoms. The summed E-state index contributed by atoms with van der Waals surface area (Å²) in [6, 6.07) is 12.8. The molecule has 0 aliphatic carbocycles. The highest BCUT2D eigenvalue weighted by atomic mass is 19.1. The largest absolute Gasteiger partial charge is 0.496 e. The lowest BCUT2D eigenvalue weighted by atomic mass is 10.1. The Bertz CT molecular complexity index is 699. The molecule has 0 radical (unpaired) electrons. The molecule has 2 aromatic rings. The van der Waals surface area contributed by atoms with E-state index in [2.05, 4.69) is 33.8 Å². The Morgan fingerprint density at radius 3 is 2.20 bits per heavy atom. The minimum absolute atomic E-state index is 0.207. The molecule has 2 rings (SSSR count). The number of aryl methyl sites for hydroxylation is 1. The van der Waals surface area contributed by atoms with Crippen LogP contribution in [0, 0.1) is 12.7 Å². The number of aliphatic imine (C=N–C) groups is 1. The zero-order valence-electron chi connectivity index (χ0n) is 15.1. The Hall–Kier alpha value is -2.56. The number of hydrogen-bond donors (Lipinski definition) is 2. The van der Waals surface area contributed by atoms with E-state index in [4.69, 9.17) is 4.74 Å². The van der Waals surface area contributed by atoms with Gasteiger partial charge >= 0.3 is 0 Å². The first-order valence-electron chi connectivity index (χ1n) is 8.45. The summed E-state index contributed by atoms with van der Waals surface area (Å²) in [5, 5.41) is 6.57. The monoisotopic (exact) mass is 343 g/mol. The lowest BCUT2D eigenvalue weighted by Crippen LogP contribution is -2.39. The summed E-state index contributed by atoms with van der Waals surface area (Å²) < 4.78 is 18.2. The highest BCUT2D eigenvalue weighted by Gasteiger charge is 2.02. The van der Waals surface area contributed by atoms with Crippen LogP contribution in [0.1, 0.15) is 16.7 Å². The van der Waals surface area contributed by atoms with Gasteiger partial charge in [0.2, 0.25) is 0 Å². The van der Waals surface area contributed by atoms with Crippen molar-refractivity contribution < 1.29 is 9.13 Å². The smallest absolute Gasteiger partial charge is 0.190 e. The molecule has 0 atom stereocenters. The molecule has 0 amide bonds. The van der Waals surface area contributed by atoms with Gasteiger partial charge in [0.15, 0.2) is 5.96 Å². The third kappa shape index (κ3) is 6.10. The van der Waals surface area contributed by atoms with Gasteiger partial charge < -0.3 is 15.4 Å². The van der Waals surface area contributed by atoms with Crippen molar-refractivity contribution in [3.8, 4) is 5.75 Å². The SMILES string of the molecule is CN=C(NCCc1ccc(F)cc1)NCCc1ccc(C)c(OC)c1. The van der Waals surface area contributed by atoms with E-state index in [0.29, 0.717) is 0 Å². The van der Waals surface area contributed by atoms with Crippen molar-refractivity contribution in [2.24, 2.45) is 4.99 Å². The summed E-state index contributed by atoms with van der Waals surface area (Å²) in [5.74, 6) is 1.47. The van der Waals surface area contributed by atoms with Crippen molar-refractivity contribution in [1.29, 1.82) is 0 Å². The molecule has 0 aromatic heterocycles. The Morgan fingerprint density at radius 1 is 1.00 bits per heavy atom. The molecule has 2 N–H and O–H groups in total. The fraction of sp³-hybridized carbons (Fsp3) is 0.350. The lowest BCUT2D eigenvalue weighted by molar-refractivity contribution is 0.411. The standard InChI is InChI=1S/C20H26FN3O/c1-15-4-5-17(14-19(15)25-3)11-13-24-20(22-2)23-12-10-16-6-8-18(21)9-7-16/h4-9,14H,10-13H2,1-3H3,(H2,22,23,24). The van der Waals surface area contributed by atoms with E-state index in [-0.39, 0.29) is 5.82 Å². The van der Waals surface area contributed by atoms with Gasteiger partial charge in [-0.15, -0.1) is 0 Å². The summed E-state index contributed by atoms with van der Waals surface area (Å²) in [7, 11) is 3.44. The van der Waals surface area contributed by atoms with E-state index in [1.54, 1.807) is 26.3 Å². The Kier molecular flexibility index (Phi) is 7.26. The van der Waals surface area contributed by atoms with Gasteiger partial charge in [0, 0.05) is 20.1 Å². The van der Waals surface area contributed by atoms with Crippen LogP contribution < -0.4 is 15.4 Å². The molecular weight excluding hydrogens is 317 g/mol. The molecular formula is C20H26FN3O. The van der Waals surface area contributed by atoms with Gasteiger partial charge in [0.25, 0.3) is 0 Å². The maximum atomic E-state index is 12.9. The fourth-order valence-electron chi connectivity index (χ4n) is 2.54. The molecule has 0 aliphatic heterocycles. The molecule has 2 aromatic carbocycles. The minimum atomic E-state index is -0.207. The number of halogens is 1. The third-order valence-corrected chi connectivity index (χ3v) is 4.02. The van der Waals surface area contributed by atoms with E-state index < -0.39 is 0 Å². The topological polar surface area (TPSA) is 45.7 Å². The number of methoxy groups -OCH3 is 1. The third-order valence-electron chi connectivity index (χ3n) is 4.02. The van der Waals surface area contributed by atoms with Crippen LogP contribution in [0.25, 0.3) is 0 Å². The van der Waals surface area contributed by atoms with Crippen molar-refractivity contribution in [1.82, 2.24) is 10.6 Å². The molecule has 4 nitrogen and oxygen atoms in total. The number of ether oxygens (including phenoxy) is 1. The van der Waals surface area contributed by atoms with Gasteiger partial charge in [-0.05, 0) is 54.7 Å². The van der Waals surface area contributed by atoms with Crippen molar-refractivity contribution in [2.75, 3.05) is 27.2 Å². The number of guanidine groups is 1. The van der Waals surface area contributed by atoms with E-state index in [1.807, 2.05) is 6.92 Å². The van der Waals surface area contributed by atoms with Crippen molar-refractivity contribution in [2.45, 2.75) is 19.8 Å². The second-order valence-electron chi connectivity index (χ2n) is 5.86. The molecule has 0 bridgehead atoms. The predicted molar refractivity (Wildman–Crippen MR) is 101 cm³/mol. The van der Waals surface area contributed by atoms with Gasteiger partial charge in [0.1, 0.15) is 11.6 Å². The molecule has 5 heteroatoms. The number of benzene rings is 2. The van der Waals surface area contributed by atoms with Crippen LogP contribution >= 0.6 is 0 Å². The maximum Gasteiger partial charge on any atom is 0.190 e. The number of nitrogens with zero attached hydrogens (tertiary/aromatic N) is 1. The van der Waals surface area contributed by atoms with E-state index in [9.17, 15) is 4.39 Å². The summed E-state index contributed by atoms with van der Waals surface area (Å²) in [4.78, 5) is 4.22. The maximum absolute atomic E-state index is 12.9. The van der Waals surface area contributed by atoms with E-state index in [1.165, 1.54) is 17.7 Å². The number of hydrogen-bond acceptors (Lipinski definition) is 2. The van der Waals surface area contributed by atoms with Gasteiger partial charge in [0.05, 0.1) is 7.11 Å². The van der Waals surface area contributed by atoms with Crippen LogP contribution in [0.3, 0.4) is 0 Å². The van der Waals surface area contributed by atoms with Gasteiger partial charge in [-0.3, -0.25) is 4.99 Å². The first-order chi connectivity index (χ1) is 12.1. The quantitative estimate of drug-likeness (QED) is 0.600. The van der Waals surface area contributed by atoms with Crippen molar-refractivity contribution >= 4 is 5.96 Å². The molecule has 0 fully saturated rings. The van der Waals surface area contributed by atoms with Crippen molar-refractivity contribution in [3.63, 3.8) is 0 Å². The molecule has 0 spiro atoms. The average Bonchev–Trinajstić information content (AvgIpc) is 2.63. The predicted octanol–water partition coefficient (Wildman–Crippen LogP) is 3.09. The Labute approximate surface area is 149 Å². The van der Waals surface area contributed by atoms with E-state index >= 15 is 0 Å². The van der Waals surface area contributed by atoms with E-state index in [0.717, 1.165) is 48.8 Å². The molecule has 0 saturated carbocycles. The first kappa shape index (κ1) is 18.8. The van der Waals surface area contributed by atoms with Crippen LogP contribution in [0.15, 0.2) is 47.5 Å². The number of nitrogens with one attached hydrogen (secondary N) is 2. The fourth-order valence-corrected chi connectivity index (χ4v) is 2.54. The molecule has 0 saturated heterocycles. The summed E-state index contributed by atoms with van der Waals surface area (Å²) in [5.41, 5.74) is 3.45. The minimum Gasteiger partial charge on any atom is -0.496 e. The number of rotatable bonds is 7. The molecule has 0 aliphatic rings. The average molecular weight is 343 g/mol. The van der Waals surface area contributed by atoms with Crippen LogP contribution in [-0.2, 0) is 12.8 Å². The van der Waals surface area contributed by atoms with Crippen LogP contribution in [-0.4, -0.2) is 33.2 Å². The van der Waals surface area contributed by atoms with Crippen LogP contribution in [0.4, 0.5) is 4.39 Å². The highest BCUT2D eigenvalue weighted by molar-refractivity contribution is 5.79. The highest BCUT2D eigenvalue weighted by Crippen LogP contribution is 2.18. The van der Waals surface area contributed by atoms with Crippen LogP contribution in [0.2, 0.25) is 0 Å². The zero-order chi connectivity index (χ0) is 18.1. The Morgan fingerprint density at radius 2 is 1.60 bits per heavy atom. The van der Waals surface area contributed by atoms with Gasteiger partial charge in [-0.25, -0.2) is 4.39 Å². The molecule has 0 unspecified atom stereocenters. The normalized spacial score (nSPS) is 11.3. The second kappa shape index (κ2) is 9.67.